The van der Waals surface area contributed by atoms with Crippen molar-refractivity contribution in [2.24, 2.45) is 10.1 Å². The third-order valence-corrected chi connectivity index (χ3v) is 4.32. The molecule has 0 fully saturated rings. The van der Waals surface area contributed by atoms with Crippen molar-refractivity contribution in [2.45, 2.75) is 9.79 Å². The molecule has 2 N–H and O–H groups in total. The standard InChI is InChI=1S/C14H14N2O2S2/c1-19-13-6-4-12(5-7-13)16-10-11-2-8-14(9-3-11)20(15,17)18/h2-10H,1H3,(H2,15,17,18)/b16-10+. The summed E-state index contributed by atoms with van der Waals surface area (Å²) in [5.41, 5.74) is 1.66. The molecule has 0 bridgehead atoms. The number of primary sulfonamides is 1. The molecule has 2 aromatic rings. The zero-order valence-electron chi connectivity index (χ0n) is 10.9. The summed E-state index contributed by atoms with van der Waals surface area (Å²) in [6.07, 6.45) is 3.70. The number of nitrogens with two attached hydrogens (primary N) is 1. The van der Waals surface area contributed by atoms with Gasteiger partial charge in [-0.3, -0.25) is 4.99 Å². The lowest BCUT2D eigenvalue weighted by Gasteiger charge is -1.99. The Morgan fingerprint density at radius 1 is 1.05 bits per heavy atom. The highest BCUT2D eigenvalue weighted by Crippen LogP contribution is 2.19. The van der Waals surface area contributed by atoms with Gasteiger partial charge in [0.25, 0.3) is 0 Å². The van der Waals surface area contributed by atoms with E-state index >= 15 is 0 Å². The van der Waals surface area contributed by atoms with Crippen LogP contribution in [0.25, 0.3) is 0 Å². The highest BCUT2D eigenvalue weighted by Gasteiger charge is 2.05. The van der Waals surface area contributed by atoms with E-state index in [2.05, 4.69) is 4.99 Å². The van der Waals surface area contributed by atoms with Crippen LogP contribution in [0.4, 0.5) is 5.69 Å². The molecule has 2 aromatic carbocycles. The van der Waals surface area contributed by atoms with Gasteiger partial charge in [0.1, 0.15) is 0 Å². The van der Waals surface area contributed by atoms with E-state index in [1.54, 1.807) is 30.1 Å². The van der Waals surface area contributed by atoms with Crippen LogP contribution < -0.4 is 5.14 Å². The fourth-order valence-electron chi connectivity index (χ4n) is 1.56. The predicted octanol–water partition coefficient (Wildman–Crippen LogP) is 2.81. The van der Waals surface area contributed by atoms with E-state index < -0.39 is 10.0 Å². The number of nitrogens with zero attached hydrogens (tertiary/aromatic N) is 1. The molecule has 0 saturated carbocycles. The number of rotatable bonds is 4. The largest absolute Gasteiger partial charge is 0.256 e. The summed E-state index contributed by atoms with van der Waals surface area (Å²) in [5, 5.41) is 5.04. The topological polar surface area (TPSA) is 72.5 Å². The minimum Gasteiger partial charge on any atom is -0.256 e. The van der Waals surface area contributed by atoms with Gasteiger partial charge in [-0.25, -0.2) is 13.6 Å². The Kier molecular flexibility index (Phi) is 4.59. The summed E-state index contributed by atoms with van der Waals surface area (Å²) in [7, 11) is -3.64. The van der Waals surface area contributed by atoms with Crippen LogP contribution >= 0.6 is 11.8 Å². The smallest absolute Gasteiger partial charge is 0.238 e. The number of sulfonamides is 1. The monoisotopic (exact) mass is 306 g/mol. The van der Waals surface area contributed by atoms with Crippen LogP contribution in [0.5, 0.6) is 0 Å². The fourth-order valence-corrected chi connectivity index (χ4v) is 2.48. The molecule has 0 unspecified atom stereocenters. The van der Waals surface area contributed by atoms with Gasteiger partial charge >= 0.3 is 0 Å². The molecule has 104 valence electrons. The lowest BCUT2D eigenvalue weighted by atomic mass is 10.2. The Morgan fingerprint density at radius 2 is 1.65 bits per heavy atom. The van der Waals surface area contributed by atoms with Crippen LogP contribution in [0.3, 0.4) is 0 Å². The lowest BCUT2D eigenvalue weighted by Crippen LogP contribution is -2.11. The number of aliphatic imine (C=N–C) groups is 1. The second-order valence-corrected chi connectivity index (χ2v) is 6.51. The summed E-state index contributed by atoms with van der Waals surface area (Å²) in [5.74, 6) is 0. The minimum atomic E-state index is -3.64. The Bertz CT molecular complexity index is 706. The van der Waals surface area contributed by atoms with E-state index in [4.69, 9.17) is 5.14 Å². The van der Waals surface area contributed by atoms with E-state index in [0.29, 0.717) is 0 Å². The van der Waals surface area contributed by atoms with Gasteiger partial charge in [-0.1, -0.05) is 12.1 Å². The highest BCUT2D eigenvalue weighted by atomic mass is 32.2. The Labute approximate surface area is 122 Å². The molecule has 6 heteroatoms. The van der Waals surface area contributed by atoms with Crippen molar-refractivity contribution in [1.29, 1.82) is 0 Å². The van der Waals surface area contributed by atoms with Crippen LogP contribution in [-0.2, 0) is 10.0 Å². The van der Waals surface area contributed by atoms with Crippen molar-refractivity contribution < 1.29 is 8.42 Å². The maximum absolute atomic E-state index is 11.1. The van der Waals surface area contributed by atoms with Crippen molar-refractivity contribution in [2.75, 3.05) is 6.26 Å². The van der Waals surface area contributed by atoms with Crippen molar-refractivity contribution in [3.8, 4) is 0 Å². The van der Waals surface area contributed by atoms with Gasteiger partial charge in [-0.2, -0.15) is 0 Å². The second kappa shape index (κ2) is 6.21. The first kappa shape index (κ1) is 14.8. The first-order chi connectivity index (χ1) is 9.49. The first-order valence-electron chi connectivity index (χ1n) is 5.80. The lowest BCUT2D eigenvalue weighted by molar-refractivity contribution is 0.598. The van der Waals surface area contributed by atoms with Crippen molar-refractivity contribution in [1.82, 2.24) is 0 Å². The molecule has 0 spiro atoms. The molecule has 2 rings (SSSR count). The van der Waals surface area contributed by atoms with E-state index in [-0.39, 0.29) is 4.90 Å². The molecule has 4 nitrogen and oxygen atoms in total. The van der Waals surface area contributed by atoms with E-state index in [1.165, 1.54) is 17.0 Å². The number of thioether (sulfide) groups is 1. The molecule has 20 heavy (non-hydrogen) atoms. The van der Waals surface area contributed by atoms with Crippen LogP contribution in [0, 0.1) is 0 Å². The van der Waals surface area contributed by atoms with Gasteiger partial charge in [0.15, 0.2) is 0 Å². The summed E-state index contributed by atoms with van der Waals surface area (Å²) < 4.78 is 22.3. The summed E-state index contributed by atoms with van der Waals surface area (Å²) >= 11 is 1.68. The molecular formula is C14H14N2O2S2. The van der Waals surface area contributed by atoms with Gasteiger partial charge in [0.05, 0.1) is 10.6 Å². The maximum atomic E-state index is 11.1. The van der Waals surface area contributed by atoms with Crippen LogP contribution in [0.15, 0.2) is 63.3 Å². The average Bonchev–Trinajstić information content (AvgIpc) is 2.45. The van der Waals surface area contributed by atoms with Crippen molar-refractivity contribution in [3.63, 3.8) is 0 Å². The zero-order chi connectivity index (χ0) is 14.6. The van der Waals surface area contributed by atoms with Crippen molar-refractivity contribution >= 4 is 33.7 Å². The molecule has 0 atom stereocenters. The van der Waals surface area contributed by atoms with E-state index in [9.17, 15) is 8.42 Å². The van der Waals surface area contributed by atoms with Crippen molar-refractivity contribution in [3.05, 3.63) is 54.1 Å². The Morgan fingerprint density at radius 3 is 2.15 bits per heavy atom. The normalized spacial score (nSPS) is 11.9. The van der Waals surface area contributed by atoms with Crippen LogP contribution in [0.2, 0.25) is 0 Å². The molecule has 0 aliphatic rings. The molecule has 0 aliphatic carbocycles. The van der Waals surface area contributed by atoms with Crippen LogP contribution in [0.1, 0.15) is 5.56 Å². The molecule has 0 heterocycles. The van der Waals surface area contributed by atoms with Gasteiger partial charge < -0.3 is 0 Å². The molecule has 0 amide bonds. The summed E-state index contributed by atoms with van der Waals surface area (Å²) in [4.78, 5) is 5.61. The molecular weight excluding hydrogens is 292 g/mol. The average molecular weight is 306 g/mol. The number of hydrogen-bond acceptors (Lipinski definition) is 4. The van der Waals surface area contributed by atoms with Gasteiger partial charge in [-0.05, 0) is 48.2 Å². The predicted molar refractivity (Wildman–Crippen MR) is 83.3 cm³/mol. The summed E-state index contributed by atoms with van der Waals surface area (Å²) in [6, 6.07) is 14.1. The fraction of sp³-hybridized carbons (Fsp3) is 0.0714. The maximum Gasteiger partial charge on any atom is 0.238 e. The SMILES string of the molecule is CSc1ccc(/N=C/c2ccc(S(N)(=O)=O)cc2)cc1. The van der Waals surface area contributed by atoms with E-state index in [0.717, 1.165) is 11.3 Å². The molecule has 0 aliphatic heterocycles. The second-order valence-electron chi connectivity index (χ2n) is 4.07. The Hall–Kier alpha value is -1.63. The highest BCUT2D eigenvalue weighted by molar-refractivity contribution is 7.98. The Balaban J connectivity index is 2.14. The van der Waals surface area contributed by atoms with Gasteiger partial charge in [0, 0.05) is 11.1 Å². The first-order valence-corrected chi connectivity index (χ1v) is 8.57. The minimum absolute atomic E-state index is 0.0963. The summed E-state index contributed by atoms with van der Waals surface area (Å²) in [6.45, 7) is 0. The zero-order valence-corrected chi connectivity index (χ0v) is 12.5. The third-order valence-electron chi connectivity index (χ3n) is 2.64. The molecule has 0 aromatic heterocycles. The molecule has 0 saturated heterocycles. The molecule has 0 radical (unpaired) electrons. The van der Waals surface area contributed by atoms with Gasteiger partial charge in [0.2, 0.25) is 10.0 Å². The van der Waals surface area contributed by atoms with Crippen LogP contribution in [-0.4, -0.2) is 20.9 Å². The number of hydrogen-bond donors (Lipinski definition) is 1. The van der Waals surface area contributed by atoms with Gasteiger partial charge in [-0.15, -0.1) is 11.8 Å². The number of benzene rings is 2. The third kappa shape index (κ3) is 3.93. The quantitative estimate of drug-likeness (QED) is 0.697. The van der Waals surface area contributed by atoms with E-state index in [1.807, 2.05) is 30.5 Å².